The van der Waals surface area contributed by atoms with Gasteiger partial charge in [-0.3, -0.25) is 0 Å². The molecule has 1 nitrogen and oxygen atoms in total. The molecule has 0 N–H and O–H groups in total. The summed E-state index contributed by atoms with van der Waals surface area (Å²) in [7, 11) is 0.691. The van der Waals surface area contributed by atoms with Crippen LogP contribution in [0, 0.1) is 0 Å². The zero-order chi connectivity index (χ0) is 6.95. The smallest absolute Gasteiger partial charge is 0.230 e. The highest BCUT2D eigenvalue weighted by Crippen LogP contribution is 1.86. The van der Waals surface area contributed by atoms with Gasteiger partial charge in [0.2, 0.25) is 9.76 Å². The molecular formula is C7H14OSi. The standard InChI is InChI=1S/C7H14OSi/c1-3-5-6-8-9-7-4-2/h3,5H,4,6-7H2,1-2H3. The first-order valence-electron chi connectivity index (χ1n) is 3.37. The molecule has 2 radical (unpaired) electrons. The van der Waals surface area contributed by atoms with Crippen LogP contribution in [0.4, 0.5) is 0 Å². The van der Waals surface area contributed by atoms with Gasteiger partial charge in [-0.1, -0.05) is 25.5 Å². The lowest BCUT2D eigenvalue weighted by atomic mass is 10.6. The highest BCUT2D eigenvalue weighted by atomic mass is 28.2. The van der Waals surface area contributed by atoms with Gasteiger partial charge in [-0.05, 0) is 13.0 Å². The third-order valence-corrected chi connectivity index (χ3v) is 1.94. The average molecular weight is 142 g/mol. The van der Waals surface area contributed by atoms with Crippen molar-refractivity contribution in [1.82, 2.24) is 0 Å². The molecule has 0 saturated heterocycles. The summed E-state index contributed by atoms with van der Waals surface area (Å²) in [6.07, 6.45) is 5.27. The Hall–Kier alpha value is -0.0831. The Balaban J connectivity index is 2.75. The van der Waals surface area contributed by atoms with E-state index in [-0.39, 0.29) is 0 Å². The summed E-state index contributed by atoms with van der Waals surface area (Å²) >= 11 is 0. The molecular weight excluding hydrogens is 128 g/mol. The number of allylic oxidation sites excluding steroid dienone is 1. The second-order valence-electron chi connectivity index (χ2n) is 1.77. The lowest BCUT2D eigenvalue weighted by Crippen LogP contribution is -1.96. The third-order valence-electron chi connectivity index (χ3n) is 0.869. The fourth-order valence-electron chi connectivity index (χ4n) is 0.377. The highest BCUT2D eigenvalue weighted by Gasteiger charge is 1.84. The van der Waals surface area contributed by atoms with Crippen LogP contribution in [-0.4, -0.2) is 16.4 Å². The van der Waals surface area contributed by atoms with Gasteiger partial charge in [0.1, 0.15) is 0 Å². The molecule has 0 amide bonds. The molecule has 0 aromatic heterocycles. The van der Waals surface area contributed by atoms with Crippen LogP contribution in [0.3, 0.4) is 0 Å². The molecule has 0 fully saturated rings. The van der Waals surface area contributed by atoms with Crippen LogP contribution in [0.15, 0.2) is 12.2 Å². The minimum Gasteiger partial charge on any atom is -0.414 e. The SMILES string of the molecule is CC=CCO[Si]CCC. The summed E-state index contributed by atoms with van der Waals surface area (Å²) in [5.74, 6) is 0. The fraction of sp³-hybridized carbons (Fsp3) is 0.714. The second kappa shape index (κ2) is 7.92. The normalized spacial score (nSPS) is 10.9. The van der Waals surface area contributed by atoms with Crippen molar-refractivity contribution in [3.8, 4) is 0 Å². The van der Waals surface area contributed by atoms with Crippen LogP contribution in [0.25, 0.3) is 0 Å². The van der Waals surface area contributed by atoms with Gasteiger partial charge in [0.05, 0.1) is 6.61 Å². The van der Waals surface area contributed by atoms with E-state index in [1.807, 2.05) is 19.1 Å². The fourth-order valence-corrected chi connectivity index (χ4v) is 0.940. The molecule has 0 aliphatic carbocycles. The summed E-state index contributed by atoms with van der Waals surface area (Å²) in [6, 6.07) is 1.21. The Labute approximate surface area is 60.1 Å². The number of hydrogen-bond acceptors (Lipinski definition) is 1. The van der Waals surface area contributed by atoms with E-state index < -0.39 is 0 Å². The molecule has 0 heterocycles. The van der Waals surface area contributed by atoms with Crippen molar-refractivity contribution >= 4 is 9.76 Å². The first-order chi connectivity index (χ1) is 4.41. The van der Waals surface area contributed by atoms with Crippen molar-refractivity contribution in [3.63, 3.8) is 0 Å². The Morgan fingerprint density at radius 3 is 2.89 bits per heavy atom. The Morgan fingerprint density at radius 1 is 1.56 bits per heavy atom. The maximum atomic E-state index is 5.26. The molecule has 0 aromatic carbocycles. The van der Waals surface area contributed by atoms with E-state index in [0.29, 0.717) is 9.76 Å². The van der Waals surface area contributed by atoms with Gasteiger partial charge < -0.3 is 4.43 Å². The van der Waals surface area contributed by atoms with Crippen LogP contribution >= 0.6 is 0 Å². The van der Waals surface area contributed by atoms with Crippen LogP contribution in [-0.2, 0) is 4.43 Å². The van der Waals surface area contributed by atoms with E-state index in [1.54, 1.807) is 0 Å². The van der Waals surface area contributed by atoms with Crippen molar-refractivity contribution < 1.29 is 4.43 Å². The predicted octanol–water partition coefficient (Wildman–Crippen LogP) is 2.03. The van der Waals surface area contributed by atoms with Crippen molar-refractivity contribution in [2.75, 3.05) is 6.61 Å². The van der Waals surface area contributed by atoms with E-state index in [2.05, 4.69) is 6.92 Å². The minimum absolute atomic E-state index is 0.691. The van der Waals surface area contributed by atoms with E-state index >= 15 is 0 Å². The molecule has 9 heavy (non-hydrogen) atoms. The van der Waals surface area contributed by atoms with E-state index in [9.17, 15) is 0 Å². The maximum absolute atomic E-state index is 5.26. The van der Waals surface area contributed by atoms with E-state index in [0.717, 1.165) is 6.61 Å². The van der Waals surface area contributed by atoms with Crippen LogP contribution < -0.4 is 0 Å². The lowest BCUT2D eigenvalue weighted by molar-refractivity contribution is 0.384. The molecule has 0 saturated carbocycles. The third kappa shape index (κ3) is 7.92. The Kier molecular flexibility index (Phi) is 7.84. The second-order valence-corrected chi connectivity index (χ2v) is 2.85. The maximum Gasteiger partial charge on any atom is 0.230 e. The first-order valence-corrected chi connectivity index (χ1v) is 4.49. The topological polar surface area (TPSA) is 9.23 Å². The van der Waals surface area contributed by atoms with Gasteiger partial charge in [0.15, 0.2) is 0 Å². The molecule has 0 bridgehead atoms. The minimum atomic E-state index is 0.691. The molecule has 0 aromatic rings. The van der Waals surface area contributed by atoms with Gasteiger partial charge in [0.25, 0.3) is 0 Å². The van der Waals surface area contributed by atoms with Crippen molar-refractivity contribution in [1.29, 1.82) is 0 Å². The summed E-state index contributed by atoms with van der Waals surface area (Å²) in [4.78, 5) is 0. The molecule has 0 unspecified atom stereocenters. The molecule has 0 rings (SSSR count). The van der Waals surface area contributed by atoms with Gasteiger partial charge in [-0.2, -0.15) is 0 Å². The predicted molar refractivity (Wildman–Crippen MR) is 41.6 cm³/mol. The molecule has 52 valence electrons. The van der Waals surface area contributed by atoms with Gasteiger partial charge in [-0.25, -0.2) is 0 Å². The molecule has 0 spiro atoms. The quantitative estimate of drug-likeness (QED) is 0.324. The van der Waals surface area contributed by atoms with Gasteiger partial charge in [-0.15, -0.1) is 0 Å². The number of hydrogen-bond donors (Lipinski definition) is 0. The zero-order valence-corrected chi connectivity index (χ0v) is 7.18. The summed E-state index contributed by atoms with van der Waals surface area (Å²) < 4.78 is 5.26. The van der Waals surface area contributed by atoms with E-state index in [4.69, 9.17) is 4.43 Å². The van der Waals surface area contributed by atoms with Gasteiger partial charge >= 0.3 is 0 Å². The van der Waals surface area contributed by atoms with Crippen molar-refractivity contribution in [2.45, 2.75) is 26.3 Å². The van der Waals surface area contributed by atoms with Crippen molar-refractivity contribution in [2.24, 2.45) is 0 Å². The van der Waals surface area contributed by atoms with Crippen LogP contribution in [0.1, 0.15) is 20.3 Å². The zero-order valence-electron chi connectivity index (χ0n) is 6.18. The number of rotatable bonds is 5. The Morgan fingerprint density at radius 2 is 2.33 bits per heavy atom. The van der Waals surface area contributed by atoms with Crippen molar-refractivity contribution in [3.05, 3.63) is 12.2 Å². The summed E-state index contributed by atoms with van der Waals surface area (Å²) in [5, 5.41) is 0. The van der Waals surface area contributed by atoms with Crippen LogP contribution in [0.2, 0.25) is 6.04 Å². The lowest BCUT2D eigenvalue weighted by Gasteiger charge is -1.94. The average Bonchev–Trinajstić information content (AvgIpc) is 1.89. The molecule has 2 heteroatoms. The largest absolute Gasteiger partial charge is 0.414 e. The Bertz CT molecular complexity index is 71.3. The van der Waals surface area contributed by atoms with Crippen LogP contribution in [0.5, 0.6) is 0 Å². The highest BCUT2D eigenvalue weighted by molar-refractivity contribution is 6.26. The monoisotopic (exact) mass is 142 g/mol. The van der Waals surface area contributed by atoms with Gasteiger partial charge in [0, 0.05) is 0 Å². The summed E-state index contributed by atoms with van der Waals surface area (Å²) in [5.41, 5.74) is 0. The van der Waals surface area contributed by atoms with E-state index in [1.165, 1.54) is 12.5 Å². The first kappa shape index (κ1) is 8.92. The molecule has 0 atom stereocenters. The molecule has 0 aliphatic rings. The molecule has 0 aliphatic heterocycles. The summed E-state index contributed by atoms with van der Waals surface area (Å²) in [6.45, 7) is 4.97.